The van der Waals surface area contributed by atoms with E-state index in [2.05, 4.69) is 0 Å². The van der Waals surface area contributed by atoms with Crippen molar-refractivity contribution >= 4 is 17.6 Å². The first-order valence-corrected chi connectivity index (χ1v) is 8.94. The molecule has 7 heteroatoms. The lowest BCUT2D eigenvalue weighted by molar-refractivity contribution is -0.142. The Labute approximate surface area is 153 Å². The van der Waals surface area contributed by atoms with E-state index in [0.717, 1.165) is 5.56 Å². The molecule has 1 aromatic rings. The van der Waals surface area contributed by atoms with Crippen molar-refractivity contribution in [2.45, 2.75) is 51.3 Å². The highest BCUT2D eigenvalue weighted by Crippen LogP contribution is 2.30. The third kappa shape index (κ3) is 3.73. The third-order valence-electron chi connectivity index (χ3n) is 5.31. The van der Waals surface area contributed by atoms with Crippen LogP contribution in [0.25, 0.3) is 0 Å². The summed E-state index contributed by atoms with van der Waals surface area (Å²) in [6.45, 7) is 7.03. The van der Waals surface area contributed by atoms with Crippen molar-refractivity contribution in [1.82, 2.24) is 4.90 Å². The fraction of sp³-hybridized carbons (Fsp3) is 0.579. The number of cyclic esters (lactones) is 1. The van der Waals surface area contributed by atoms with Crippen molar-refractivity contribution in [2.24, 2.45) is 5.73 Å². The SMILES string of the molecule is Cc1ccc(F)cc1N1CC(C)(C)N(C[C@H](N)[C@@H]2CCC(=O)O2)CC1=O. The van der Waals surface area contributed by atoms with Gasteiger partial charge in [0.25, 0.3) is 0 Å². The van der Waals surface area contributed by atoms with Crippen molar-refractivity contribution < 1.29 is 18.7 Å². The van der Waals surface area contributed by atoms with Crippen LogP contribution in [0.2, 0.25) is 0 Å². The smallest absolute Gasteiger partial charge is 0.306 e. The van der Waals surface area contributed by atoms with E-state index in [-0.39, 0.29) is 41.9 Å². The fourth-order valence-corrected chi connectivity index (χ4v) is 3.66. The summed E-state index contributed by atoms with van der Waals surface area (Å²) in [6, 6.07) is 4.15. The molecule has 0 aromatic heterocycles. The number of esters is 1. The molecule has 2 atom stereocenters. The van der Waals surface area contributed by atoms with E-state index < -0.39 is 0 Å². The van der Waals surface area contributed by atoms with Gasteiger partial charge in [-0.25, -0.2) is 4.39 Å². The van der Waals surface area contributed by atoms with Crippen molar-refractivity contribution in [2.75, 3.05) is 24.5 Å². The Kier molecular flexibility index (Phi) is 5.03. The second-order valence-electron chi connectivity index (χ2n) is 7.83. The lowest BCUT2D eigenvalue weighted by Crippen LogP contribution is -2.64. The number of carbonyl (C=O) groups excluding carboxylic acids is 2. The number of amides is 1. The summed E-state index contributed by atoms with van der Waals surface area (Å²) in [5.74, 6) is -0.662. The molecule has 26 heavy (non-hydrogen) atoms. The average Bonchev–Trinajstić information content (AvgIpc) is 3.00. The van der Waals surface area contributed by atoms with Gasteiger partial charge >= 0.3 is 5.97 Å². The van der Waals surface area contributed by atoms with Gasteiger partial charge in [-0.15, -0.1) is 0 Å². The molecular weight excluding hydrogens is 337 g/mol. The molecule has 0 radical (unpaired) electrons. The fourth-order valence-electron chi connectivity index (χ4n) is 3.66. The molecular formula is C19H26FN3O3. The van der Waals surface area contributed by atoms with Crippen molar-refractivity contribution in [3.8, 4) is 0 Å². The molecule has 2 aliphatic rings. The summed E-state index contributed by atoms with van der Waals surface area (Å²) >= 11 is 0. The predicted molar refractivity (Wildman–Crippen MR) is 96.2 cm³/mol. The largest absolute Gasteiger partial charge is 0.461 e. The lowest BCUT2D eigenvalue weighted by Gasteiger charge is -2.48. The van der Waals surface area contributed by atoms with Crippen LogP contribution >= 0.6 is 0 Å². The molecule has 2 heterocycles. The van der Waals surface area contributed by atoms with E-state index in [1.54, 1.807) is 11.0 Å². The number of hydrogen-bond donors (Lipinski definition) is 1. The van der Waals surface area contributed by atoms with Crippen molar-refractivity contribution in [3.05, 3.63) is 29.6 Å². The van der Waals surface area contributed by atoms with Gasteiger partial charge in [0.05, 0.1) is 12.6 Å². The number of nitrogens with two attached hydrogens (primary N) is 1. The van der Waals surface area contributed by atoms with Crippen LogP contribution in [-0.4, -0.2) is 54.1 Å². The summed E-state index contributed by atoms with van der Waals surface area (Å²) in [5.41, 5.74) is 7.36. The number of carbonyl (C=O) groups is 2. The molecule has 0 aliphatic carbocycles. The van der Waals surface area contributed by atoms with Crippen LogP contribution < -0.4 is 10.6 Å². The monoisotopic (exact) mass is 363 g/mol. The Morgan fingerprint density at radius 3 is 2.77 bits per heavy atom. The molecule has 142 valence electrons. The van der Waals surface area contributed by atoms with Gasteiger partial charge in [-0.05, 0) is 44.9 Å². The average molecular weight is 363 g/mol. The molecule has 0 saturated carbocycles. The minimum Gasteiger partial charge on any atom is -0.461 e. The molecule has 2 fully saturated rings. The van der Waals surface area contributed by atoms with E-state index in [4.69, 9.17) is 10.5 Å². The van der Waals surface area contributed by atoms with Gasteiger partial charge < -0.3 is 15.4 Å². The Bertz CT molecular complexity index is 722. The topological polar surface area (TPSA) is 75.9 Å². The maximum absolute atomic E-state index is 13.7. The van der Waals surface area contributed by atoms with Crippen molar-refractivity contribution in [3.63, 3.8) is 0 Å². The zero-order chi connectivity index (χ0) is 19.1. The number of anilines is 1. The summed E-state index contributed by atoms with van der Waals surface area (Å²) in [4.78, 5) is 27.7. The van der Waals surface area contributed by atoms with Gasteiger partial charge in [-0.1, -0.05) is 6.07 Å². The van der Waals surface area contributed by atoms with Gasteiger partial charge in [-0.2, -0.15) is 0 Å². The standard InChI is InChI=1S/C19H26FN3O3/c1-12-4-5-13(20)8-15(12)23-11-19(2,3)22(10-17(23)24)9-14(21)16-6-7-18(25)26-16/h4-5,8,14,16H,6-7,9-11,21H2,1-3H3/t14-,16-/m0/s1. The molecule has 3 rings (SSSR count). The number of benzene rings is 1. The molecule has 6 nitrogen and oxygen atoms in total. The molecule has 0 spiro atoms. The number of aryl methyl sites for hydroxylation is 1. The molecule has 0 unspecified atom stereocenters. The highest BCUT2D eigenvalue weighted by Gasteiger charge is 2.41. The lowest BCUT2D eigenvalue weighted by atomic mass is 9.95. The van der Waals surface area contributed by atoms with E-state index in [0.29, 0.717) is 31.6 Å². The second-order valence-corrected chi connectivity index (χ2v) is 7.83. The van der Waals surface area contributed by atoms with Gasteiger partial charge in [0.15, 0.2) is 0 Å². The van der Waals surface area contributed by atoms with Crippen LogP contribution in [0.3, 0.4) is 0 Å². The molecule has 0 bridgehead atoms. The van der Waals surface area contributed by atoms with Crippen LogP contribution in [0.15, 0.2) is 18.2 Å². The Morgan fingerprint density at radius 1 is 1.38 bits per heavy atom. The van der Waals surface area contributed by atoms with Crippen LogP contribution in [-0.2, 0) is 14.3 Å². The minimum absolute atomic E-state index is 0.0892. The number of ether oxygens (including phenoxy) is 1. The maximum atomic E-state index is 13.7. The maximum Gasteiger partial charge on any atom is 0.306 e. The number of piperazine rings is 1. The Hall–Kier alpha value is -1.99. The van der Waals surface area contributed by atoms with Gasteiger partial charge in [-0.3, -0.25) is 14.5 Å². The summed E-state index contributed by atoms with van der Waals surface area (Å²) < 4.78 is 18.9. The minimum atomic E-state index is -0.358. The first-order valence-electron chi connectivity index (χ1n) is 8.94. The van der Waals surface area contributed by atoms with E-state index in [1.165, 1.54) is 12.1 Å². The Morgan fingerprint density at radius 2 is 2.12 bits per heavy atom. The zero-order valence-corrected chi connectivity index (χ0v) is 15.5. The van der Waals surface area contributed by atoms with E-state index in [1.807, 2.05) is 25.7 Å². The summed E-state index contributed by atoms with van der Waals surface area (Å²) in [5, 5.41) is 0. The van der Waals surface area contributed by atoms with Gasteiger partial charge in [0.2, 0.25) is 5.91 Å². The van der Waals surface area contributed by atoms with E-state index in [9.17, 15) is 14.0 Å². The van der Waals surface area contributed by atoms with Crippen LogP contribution in [0, 0.1) is 12.7 Å². The van der Waals surface area contributed by atoms with Gasteiger partial charge in [0.1, 0.15) is 11.9 Å². The first kappa shape index (κ1) is 18.8. The third-order valence-corrected chi connectivity index (χ3v) is 5.31. The number of rotatable bonds is 4. The highest BCUT2D eigenvalue weighted by molar-refractivity contribution is 5.96. The molecule has 1 amide bonds. The quantitative estimate of drug-likeness (QED) is 0.823. The molecule has 1 aromatic carbocycles. The molecule has 2 saturated heterocycles. The first-order chi connectivity index (χ1) is 12.2. The van der Waals surface area contributed by atoms with Crippen LogP contribution in [0.5, 0.6) is 0 Å². The normalized spacial score (nSPS) is 24.7. The second kappa shape index (κ2) is 6.96. The van der Waals surface area contributed by atoms with E-state index >= 15 is 0 Å². The predicted octanol–water partition coefficient (Wildman–Crippen LogP) is 1.59. The van der Waals surface area contributed by atoms with Gasteiger partial charge in [0, 0.05) is 30.7 Å². The Balaban J connectivity index is 1.74. The number of halogens is 1. The number of nitrogens with zero attached hydrogens (tertiary/aromatic N) is 2. The summed E-state index contributed by atoms with van der Waals surface area (Å²) in [6.07, 6.45) is 0.723. The van der Waals surface area contributed by atoms with Crippen LogP contribution in [0.1, 0.15) is 32.3 Å². The molecule has 2 aliphatic heterocycles. The molecule has 2 N–H and O–H groups in total. The summed E-state index contributed by atoms with van der Waals surface area (Å²) in [7, 11) is 0. The highest BCUT2D eigenvalue weighted by atomic mass is 19.1. The van der Waals surface area contributed by atoms with Crippen LogP contribution in [0.4, 0.5) is 10.1 Å². The van der Waals surface area contributed by atoms with Crippen molar-refractivity contribution in [1.29, 1.82) is 0 Å². The number of hydrogen-bond acceptors (Lipinski definition) is 5. The zero-order valence-electron chi connectivity index (χ0n) is 15.5.